The van der Waals surface area contributed by atoms with Crippen LogP contribution in [0.4, 0.5) is 8.78 Å². The number of amides is 1. The summed E-state index contributed by atoms with van der Waals surface area (Å²) >= 11 is 0.898. The highest BCUT2D eigenvalue weighted by atomic mass is 32.2. The van der Waals surface area contributed by atoms with Gasteiger partial charge in [-0.2, -0.15) is 8.78 Å². The van der Waals surface area contributed by atoms with Gasteiger partial charge in [-0.3, -0.25) is 4.79 Å². The van der Waals surface area contributed by atoms with Gasteiger partial charge in [0.25, 0.3) is 5.91 Å². The van der Waals surface area contributed by atoms with Crippen LogP contribution < -0.4 is 5.32 Å². The van der Waals surface area contributed by atoms with Crippen LogP contribution in [0.15, 0.2) is 16.3 Å². The first-order valence-electron chi connectivity index (χ1n) is 6.51. The third-order valence-corrected chi connectivity index (χ3v) is 6.50. The largest absolute Gasteiger partial charge is 0.341 e. The van der Waals surface area contributed by atoms with Crippen LogP contribution in [0.25, 0.3) is 0 Å². The predicted molar refractivity (Wildman–Crippen MR) is 73.3 cm³/mol. The molecule has 1 amide bonds. The zero-order valence-corrected chi connectivity index (χ0v) is 12.6. The number of alkyl halides is 2. The van der Waals surface area contributed by atoms with Crippen molar-refractivity contribution in [3.8, 4) is 0 Å². The number of likely N-dealkylation sites (tertiary alicyclic amines) is 1. The lowest BCUT2D eigenvalue weighted by atomic mass is 10.0. The molecular formula is C12H14F2N2O3S2. The lowest BCUT2D eigenvalue weighted by Crippen LogP contribution is -2.32. The van der Waals surface area contributed by atoms with E-state index in [2.05, 4.69) is 5.32 Å². The summed E-state index contributed by atoms with van der Waals surface area (Å²) in [6, 6.07) is 1.08. The Labute approximate surface area is 124 Å². The number of nitrogens with one attached hydrogen (secondary N) is 1. The predicted octanol–water partition coefficient (Wildman–Crippen LogP) is 1.04. The zero-order chi connectivity index (χ0) is 15.2. The van der Waals surface area contributed by atoms with E-state index >= 15 is 0 Å². The molecule has 3 heterocycles. The SMILES string of the molecule is O=C(c1sccc1S(=O)(=O)C(F)F)N1C[C@H]2CNC[C@H]2C1. The van der Waals surface area contributed by atoms with Gasteiger partial charge in [-0.05, 0) is 23.3 Å². The molecule has 2 aliphatic heterocycles. The summed E-state index contributed by atoms with van der Waals surface area (Å²) < 4.78 is 48.5. The van der Waals surface area contributed by atoms with Gasteiger partial charge < -0.3 is 10.2 Å². The van der Waals surface area contributed by atoms with E-state index in [9.17, 15) is 22.0 Å². The van der Waals surface area contributed by atoms with Crippen LogP contribution in [0.1, 0.15) is 9.67 Å². The quantitative estimate of drug-likeness (QED) is 0.895. The lowest BCUT2D eigenvalue weighted by molar-refractivity contribution is 0.0783. The number of thiophene rings is 1. The summed E-state index contributed by atoms with van der Waals surface area (Å²) in [5, 5.41) is 4.60. The van der Waals surface area contributed by atoms with Crippen LogP contribution in [0.2, 0.25) is 0 Å². The van der Waals surface area contributed by atoms with Gasteiger partial charge in [0.05, 0.1) is 4.90 Å². The van der Waals surface area contributed by atoms with E-state index in [1.165, 1.54) is 5.38 Å². The molecule has 21 heavy (non-hydrogen) atoms. The van der Waals surface area contributed by atoms with Crippen molar-refractivity contribution < 1.29 is 22.0 Å². The molecule has 0 spiro atoms. The zero-order valence-electron chi connectivity index (χ0n) is 11.0. The highest BCUT2D eigenvalue weighted by Crippen LogP contribution is 2.32. The highest BCUT2D eigenvalue weighted by molar-refractivity contribution is 7.92. The van der Waals surface area contributed by atoms with Crippen molar-refractivity contribution >= 4 is 27.1 Å². The first-order valence-corrected chi connectivity index (χ1v) is 8.93. The molecule has 0 bridgehead atoms. The molecule has 0 unspecified atom stereocenters. The van der Waals surface area contributed by atoms with E-state index in [1.54, 1.807) is 4.90 Å². The van der Waals surface area contributed by atoms with Crippen molar-refractivity contribution in [1.29, 1.82) is 0 Å². The summed E-state index contributed by atoms with van der Waals surface area (Å²) in [4.78, 5) is 13.4. The van der Waals surface area contributed by atoms with Crippen molar-refractivity contribution in [2.75, 3.05) is 26.2 Å². The number of nitrogens with zero attached hydrogens (tertiary/aromatic N) is 1. The molecule has 1 aromatic rings. The minimum absolute atomic E-state index is 0.108. The monoisotopic (exact) mass is 336 g/mol. The van der Waals surface area contributed by atoms with Gasteiger partial charge in [-0.1, -0.05) is 0 Å². The third-order valence-electron chi connectivity index (χ3n) is 4.04. The smallest absolute Gasteiger partial charge is 0.337 e. The van der Waals surface area contributed by atoms with Gasteiger partial charge in [0.15, 0.2) is 0 Å². The fourth-order valence-electron chi connectivity index (χ4n) is 2.94. The van der Waals surface area contributed by atoms with Gasteiger partial charge in [-0.15, -0.1) is 11.3 Å². The fourth-order valence-corrected chi connectivity index (χ4v) is 5.07. The minimum Gasteiger partial charge on any atom is -0.337 e. The van der Waals surface area contributed by atoms with Crippen molar-refractivity contribution in [3.63, 3.8) is 0 Å². The number of carbonyl (C=O) groups excluding carboxylic acids is 1. The molecule has 0 aromatic carbocycles. The minimum atomic E-state index is -4.74. The Balaban J connectivity index is 1.85. The molecule has 2 atom stereocenters. The van der Waals surface area contributed by atoms with E-state index in [1.807, 2.05) is 0 Å². The van der Waals surface area contributed by atoms with Crippen molar-refractivity contribution in [1.82, 2.24) is 10.2 Å². The molecule has 0 aliphatic carbocycles. The number of halogens is 2. The van der Waals surface area contributed by atoms with Crippen LogP contribution in [0.3, 0.4) is 0 Å². The topological polar surface area (TPSA) is 66.5 Å². The average Bonchev–Trinajstić information content (AvgIpc) is 3.12. The second kappa shape index (κ2) is 5.29. The third kappa shape index (κ3) is 2.47. The van der Waals surface area contributed by atoms with Crippen LogP contribution in [-0.2, 0) is 9.84 Å². The molecule has 116 valence electrons. The Kier molecular flexibility index (Phi) is 3.74. The Morgan fingerprint density at radius 3 is 2.52 bits per heavy atom. The first kappa shape index (κ1) is 14.9. The Hall–Kier alpha value is -1.06. The molecule has 2 aliphatic rings. The van der Waals surface area contributed by atoms with Gasteiger partial charge in [0, 0.05) is 26.2 Å². The average molecular weight is 336 g/mol. The molecule has 3 rings (SSSR count). The second-order valence-electron chi connectivity index (χ2n) is 5.31. The maximum Gasteiger partial charge on any atom is 0.341 e. The molecule has 5 nitrogen and oxygen atoms in total. The van der Waals surface area contributed by atoms with E-state index in [0.717, 1.165) is 30.5 Å². The second-order valence-corrected chi connectivity index (χ2v) is 8.11. The fraction of sp³-hybridized carbons (Fsp3) is 0.583. The molecule has 2 saturated heterocycles. The van der Waals surface area contributed by atoms with Gasteiger partial charge >= 0.3 is 5.76 Å². The molecular weight excluding hydrogens is 322 g/mol. The molecule has 2 fully saturated rings. The number of fused-ring (bicyclic) bond motifs is 1. The van der Waals surface area contributed by atoms with Gasteiger partial charge in [0.2, 0.25) is 9.84 Å². The van der Waals surface area contributed by atoms with Crippen LogP contribution in [0, 0.1) is 11.8 Å². The van der Waals surface area contributed by atoms with Crippen LogP contribution in [-0.4, -0.2) is 51.2 Å². The Bertz CT molecular complexity index is 647. The molecule has 1 N–H and O–H groups in total. The van der Waals surface area contributed by atoms with E-state index in [-0.39, 0.29) is 4.88 Å². The Morgan fingerprint density at radius 2 is 1.95 bits per heavy atom. The van der Waals surface area contributed by atoms with Gasteiger partial charge in [0.1, 0.15) is 4.88 Å². The number of sulfone groups is 1. The van der Waals surface area contributed by atoms with Crippen LogP contribution in [0.5, 0.6) is 0 Å². The molecule has 9 heteroatoms. The summed E-state index contributed by atoms with van der Waals surface area (Å²) in [5.41, 5.74) is 0. The van der Waals surface area contributed by atoms with Crippen molar-refractivity contribution in [3.05, 3.63) is 16.3 Å². The summed E-state index contributed by atoms with van der Waals surface area (Å²) in [6.07, 6.45) is 0. The Morgan fingerprint density at radius 1 is 1.33 bits per heavy atom. The normalized spacial score (nSPS) is 25.6. The number of hydrogen-bond acceptors (Lipinski definition) is 5. The molecule has 1 aromatic heterocycles. The van der Waals surface area contributed by atoms with E-state index in [4.69, 9.17) is 0 Å². The summed E-state index contributed by atoms with van der Waals surface area (Å²) in [7, 11) is -4.74. The maximum atomic E-state index is 12.7. The van der Waals surface area contributed by atoms with Gasteiger partial charge in [-0.25, -0.2) is 8.42 Å². The van der Waals surface area contributed by atoms with E-state index in [0.29, 0.717) is 24.9 Å². The number of rotatable bonds is 3. The molecule has 0 radical (unpaired) electrons. The highest BCUT2D eigenvalue weighted by Gasteiger charge is 2.40. The summed E-state index contributed by atoms with van der Waals surface area (Å²) in [5.74, 6) is -3.24. The van der Waals surface area contributed by atoms with E-state index < -0.39 is 26.4 Å². The first-order chi connectivity index (χ1) is 9.91. The molecule has 0 saturated carbocycles. The standard InChI is InChI=1S/C12H14F2N2O3S2/c13-12(14)21(18,19)9-1-2-20-10(9)11(17)16-5-7-3-15-4-8(7)6-16/h1-2,7-8,12,15H,3-6H2/t7-,8+. The summed E-state index contributed by atoms with van der Waals surface area (Å²) in [6.45, 7) is 2.76. The number of carbonyl (C=O) groups is 1. The lowest BCUT2D eigenvalue weighted by Gasteiger charge is -2.17. The van der Waals surface area contributed by atoms with Crippen molar-refractivity contribution in [2.45, 2.75) is 10.7 Å². The van der Waals surface area contributed by atoms with Crippen molar-refractivity contribution in [2.24, 2.45) is 11.8 Å². The number of hydrogen-bond donors (Lipinski definition) is 1. The maximum absolute atomic E-state index is 12.7. The van der Waals surface area contributed by atoms with Crippen LogP contribution >= 0.6 is 11.3 Å².